The molecule has 2 rings (SSSR count). The van der Waals surface area contributed by atoms with Crippen molar-refractivity contribution in [1.82, 2.24) is 10.3 Å². The Balaban J connectivity index is 2.34. The van der Waals surface area contributed by atoms with Crippen molar-refractivity contribution in [1.29, 1.82) is 0 Å². The van der Waals surface area contributed by atoms with Crippen molar-refractivity contribution in [3.8, 4) is 0 Å². The first-order valence-corrected chi connectivity index (χ1v) is 7.48. The molecule has 0 aliphatic heterocycles. The number of nitrogens with zero attached hydrogens (tertiary/aromatic N) is 1. The highest BCUT2D eigenvalue weighted by atomic mass is 32.1. The fraction of sp³-hybridized carbons (Fsp3) is 0.462. The predicted octanol–water partition coefficient (Wildman–Crippen LogP) is 3.83. The Hall–Kier alpha value is -0.710. The number of nitrogens with one attached hydrogen (secondary N) is 1. The van der Waals surface area contributed by atoms with E-state index < -0.39 is 0 Å². The van der Waals surface area contributed by atoms with Crippen molar-refractivity contribution in [3.63, 3.8) is 0 Å². The van der Waals surface area contributed by atoms with Crippen molar-refractivity contribution in [2.45, 2.75) is 33.7 Å². The molecule has 4 heteroatoms. The Labute approximate surface area is 111 Å². The first kappa shape index (κ1) is 12.7. The number of hydrogen-bond acceptors (Lipinski definition) is 4. The van der Waals surface area contributed by atoms with Gasteiger partial charge >= 0.3 is 0 Å². The summed E-state index contributed by atoms with van der Waals surface area (Å²) in [6.45, 7) is 9.47. The third kappa shape index (κ3) is 2.76. The molecule has 0 fully saturated rings. The normalized spacial score (nSPS) is 12.9. The second-order valence-electron chi connectivity index (χ2n) is 4.13. The molecule has 0 saturated carbocycles. The van der Waals surface area contributed by atoms with Gasteiger partial charge in [-0.2, -0.15) is 0 Å². The van der Waals surface area contributed by atoms with Crippen LogP contribution in [-0.4, -0.2) is 11.5 Å². The summed E-state index contributed by atoms with van der Waals surface area (Å²) in [4.78, 5) is 8.71. The summed E-state index contributed by atoms with van der Waals surface area (Å²) in [5, 5.41) is 4.71. The Morgan fingerprint density at radius 1 is 1.24 bits per heavy atom. The van der Waals surface area contributed by atoms with Crippen molar-refractivity contribution in [2.24, 2.45) is 0 Å². The summed E-state index contributed by atoms with van der Waals surface area (Å²) in [6.07, 6.45) is 0. The highest BCUT2D eigenvalue weighted by Crippen LogP contribution is 2.31. The van der Waals surface area contributed by atoms with Crippen molar-refractivity contribution in [2.75, 3.05) is 6.54 Å². The second-order valence-corrected chi connectivity index (χ2v) is 6.69. The van der Waals surface area contributed by atoms with Gasteiger partial charge in [0, 0.05) is 14.6 Å². The molecule has 0 aliphatic carbocycles. The fourth-order valence-electron chi connectivity index (χ4n) is 1.74. The molecular weight excluding hydrogens is 248 g/mol. The average Bonchev–Trinajstić information content (AvgIpc) is 2.83. The summed E-state index contributed by atoms with van der Waals surface area (Å²) in [6, 6.07) is 4.65. The zero-order chi connectivity index (χ0) is 12.4. The van der Waals surface area contributed by atoms with E-state index in [0.717, 1.165) is 12.2 Å². The average molecular weight is 266 g/mol. The zero-order valence-corrected chi connectivity index (χ0v) is 12.3. The van der Waals surface area contributed by atoms with Crippen LogP contribution in [0.4, 0.5) is 0 Å². The van der Waals surface area contributed by atoms with Gasteiger partial charge in [0.1, 0.15) is 5.01 Å². The number of rotatable bonds is 4. The number of thiazole rings is 1. The van der Waals surface area contributed by atoms with E-state index in [9.17, 15) is 0 Å². The lowest BCUT2D eigenvalue weighted by molar-refractivity contribution is 0.635. The first-order chi connectivity index (χ1) is 8.11. The van der Waals surface area contributed by atoms with E-state index in [2.05, 4.69) is 50.1 Å². The maximum atomic E-state index is 4.68. The zero-order valence-electron chi connectivity index (χ0n) is 10.7. The lowest BCUT2D eigenvalue weighted by atomic mass is 10.2. The number of hydrogen-bond donors (Lipinski definition) is 1. The highest BCUT2D eigenvalue weighted by Gasteiger charge is 2.19. The lowest BCUT2D eigenvalue weighted by Crippen LogP contribution is -2.20. The smallest absolute Gasteiger partial charge is 0.115 e. The summed E-state index contributed by atoms with van der Waals surface area (Å²) in [7, 11) is 0. The monoisotopic (exact) mass is 266 g/mol. The second kappa shape index (κ2) is 5.29. The minimum atomic E-state index is 0.260. The Kier molecular flexibility index (Phi) is 3.97. The molecule has 0 aromatic carbocycles. The summed E-state index contributed by atoms with van der Waals surface area (Å²) >= 11 is 3.65. The van der Waals surface area contributed by atoms with E-state index in [-0.39, 0.29) is 6.04 Å². The summed E-state index contributed by atoms with van der Waals surface area (Å²) in [5.41, 5.74) is 1.15. The van der Waals surface area contributed by atoms with Crippen LogP contribution in [0.2, 0.25) is 0 Å². The molecule has 0 spiro atoms. The van der Waals surface area contributed by atoms with E-state index in [1.807, 2.05) is 11.3 Å². The van der Waals surface area contributed by atoms with Crippen molar-refractivity contribution >= 4 is 22.7 Å². The van der Waals surface area contributed by atoms with Gasteiger partial charge in [0.15, 0.2) is 0 Å². The fourth-order valence-corrected chi connectivity index (χ4v) is 3.79. The summed E-state index contributed by atoms with van der Waals surface area (Å²) < 4.78 is 0. The molecule has 1 atom stereocenters. The SMILES string of the molecule is CCNC(c1ccc(C)s1)c1nc(C)c(C)s1. The van der Waals surface area contributed by atoms with Gasteiger partial charge in [0.2, 0.25) is 0 Å². The van der Waals surface area contributed by atoms with Crippen LogP contribution in [0.25, 0.3) is 0 Å². The van der Waals surface area contributed by atoms with Crippen molar-refractivity contribution in [3.05, 3.63) is 37.5 Å². The van der Waals surface area contributed by atoms with E-state index in [4.69, 9.17) is 0 Å². The lowest BCUT2D eigenvalue weighted by Gasteiger charge is -2.13. The largest absolute Gasteiger partial charge is 0.304 e. The third-order valence-corrected chi connectivity index (χ3v) is 4.95. The van der Waals surface area contributed by atoms with Gasteiger partial charge in [-0.25, -0.2) is 4.98 Å². The summed E-state index contributed by atoms with van der Waals surface area (Å²) in [5.74, 6) is 0. The van der Waals surface area contributed by atoms with Crippen LogP contribution in [0.5, 0.6) is 0 Å². The number of aromatic nitrogens is 1. The third-order valence-electron chi connectivity index (χ3n) is 2.75. The first-order valence-electron chi connectivity index (χ1n) is 5.85. The maximum absolute atomic E-state index is 4.68. The van der Waals surface area contributed by atoms with Gasteiger partial charge < -0.3 is 5.32 Å². The Morgan fingerprint density at radius 2 is 2.00 bits per heavy atom. The molecular formula is C13H18N2S2. The molecule has 2 aromatic rings. The van der Waals surface area contributed by atoms with Crippen LogP contribution >= 0.6 is 22.7 Å². The molecule has 2 heterocycles. The van der Waals surface area contributed by atoms with Crippen LogP contribution in [0.15, 0.2) is 12.1 Å². The van der Waals surface area contributed by atoms with Gasteiger partial charge in [-0.1, -0.05) is 6.92 Å². The van der Waals surface area contributed by atoms with E-state index in [0.29, 0.717) is 0 Å². The van der Waals surface area contributed by atoms with Crippen LogP contribution in [0, 0.1) is 20.8 Å². The predicted molar refractivity (Wildman–Crippen MR) is 76.2 cm³/mol. The molecule has 17 heavy (non-hydrogen) atoms. The molecule has 1 N–H and O–H groups in total. The minimum absolute atomic E-state index is 0.260. The van der Waals surface area contributed by atoms with E-state index >= 15 is 0 Å². The van der Waals surface area contributed by atoms with Gasteiger partial charge in [-0.05, 0) is 39.4 Å². The van der Waals surface area contributed by atoms with Gasteiger partial charge in [-0.3, -0.25) is 0 Å². The van der Waals surface area contributed by atoms with E-state index in [1.165, 1.54) is 19.6 Å². The van der Waals surface area contributed by atoms with Gasteiger partial charge in [-0.15, -0.1) is 22.7 Å². The van der Waals surface area contributed by atoms with Crippen LogP contribution < -0.4 is 5.32 Å². The Morgan fingerprint density at radius 3 is 2.47 bits per heavy atom. The molecule has 0 bridgehead atoms. The highest BCUT2D eigenvalue weighted by molar-refractivity contribution is 7.13. The molecule has 0 aliphatic rings. The van der Waals surface area contributed by atoms with Gasteiger partial charge in [0.05, 0.1) is 11.7 Å². The molecule has 0 saturated heterocycles. The maximum Gasteiger partial charge on any atom is 0.115 e. The van der Waals surface area contributed by atoms with Crippen molar-refractivity contribution < 1.29 is 0 Å². The molecule has 0 amide bonds. The quantitative estimate of drug-likeness (QED) is 0.909. The minimum Gasteiger partial charge on any atom is -0.304 e. The number of aryl methyl sites for hydroxylation is 3. The van der Waals surface area contributed by atoms with E-state index in [1.54, 1.807) is 11.3 Å². The molecule has 2 aromatic heterocycles. The Bertz CT molecular complexity index is 480. The topological polar surface area (TPSA) is 24.9 Å². The standard InChI is InChI=1S/C13H18N2S2/c1-5-14-12(11-7-6-8(2)16-11)13-15-9(3)10(4)17-13/h6-7,12,14H,5H2,1-4H3. The van der Waals surface area contributed by atoms with Crippen LogP contribution in [-0.2, 0) is 0 Å². The molecule has 0 radical (unpaired) electrons. The van der Waals surface area contributed by atoms with Crippen LogP contribution in [0.1, 0.15) is 38.3 Å². The number of thiophene rings is 1. The molecule has 92 valence electrons. The molecule has 2 nitrogen and oxygen atoms in total. The van der Waals surface area contributed by atoms with Crippen LogP contribution in [0.3, 0.4) is 0 Å². The van der Waals surface area contributed by atoms with Gasteiger partial charge in [0.25, 0.3) is 0 Å². The molecule has 1 unspecified atom stereocenters.